The zero-order chi connectivity index (χ0) is 28.7. The Labute approximate surface area is 247 Å². The maximum Gasteiger partial charge on any atom is 0.229 e. The largest absolute Gasteiger partial charge is 0.495 e. The van der Waals surface area contributed by atoms with Crippen molar-refractivity contribution >= 4 is 51.5 Å². The molecule has 1 saturated heterocycles. The van der Waals surface area contributed by atoms with Crippen LogP contribution in [-0.4, -0.2) is 59.9 Å². The first kappa shape index (κ1) is 27.9. The normalized spacial score (nSPS) is 16.6. The Balaban J connectivity index is 1.36. The van der Waals surface area contributed by atoms with Crippen molar-refractivity contribution in [1.82, 2.24) is 25.1 Å². The molecule has 1 aliphatic heterocycles. The van der Waals surface area contributed by atoms with Crippen molar-refractivity contribution in [3.8, 4) is 16.9 Å². The van der Waals surface area contributed by atoms with Gasteiger partial charge in [-0.15, -0.1) is 0 Å². The van der Waals surface area contributed by atoms with Gasteiger partial charge in [0.05, 0.1) is 41.9 Å². The topological polar surface area (TPSA) is 115 Å². The first-order valence-electron chi connectivity index (χ1n) is 13.5. The van der Waals surface area contributed by atoms with Gasteiger partial charge in [-0.05, 0) is 88.6 Å². The van der Waals surface area contributed by atoms with Gasteiger partial charge < -0.3 is 30.0 Å². The van der Waals surface area contributed by atoms with Crippen LogP contribution in [0.2, 0.25) is 0 Å². The molecule has 1 unspecified atom stereocenters. The van der Waals surface area contributed by atoms with E-state index < -0.39 is 7.14 Å². The van der Waals surface area contributed by atoms with Gasteiger partial charge in [0.15, 0.2) is 0 Å². The third kappa shape index (κ3) is 5.77. The fourth-order valence-corrected chi connectivity index (χ4v) is 6.70. The molecule has 2 aromatic heterocycles. The van der Waals surface area contributed by atoms with Crippen molar-refractivity contribution in [2.24, 2.45) is 7.05 Å². The lowest BCUT2D eigenvalue weighted by atomic mass is 9.88. The second-order valence-electron chi connectivity index (χ2n) is 10.7. The SMILES string of the molecule is COc1cc(C2CNCCO2)c(-c2cnn(C)c2)cc1Nc1ncc(Br)c(Nc2cc3c(cc2P(C)(C)=O)CC3)n1. The number of rotatable bonds is 8. The average Bonchev–Trinajstić information content (AvgIpc) is 3.37. The molecule has 3 N–H and O–H groups in total. The molecule has 0 radical (unpaired) electrons. The van der Waals surface area contributed by atoms with Gasteiger partial charge in [0.2, 0.25) is 5.95 Å². The van der Waals surface area contributed by atoms with Gasteiger partial charge in [0.1, 0.15) is 18.7 Å². The molecule has 214 valence electrons. The number of morpholine rings is 1. The lowest BCUT2D eigenvalue weighted by molar-refractivity contribution is 0.0279. The van der Waals surface area contributed by atoms with E-state index in [4.69, 9.17) is 14.5 Å². The number of nitrogens with zero attached hydrogens (tertiary/aromatic N) is 4. The summed E-state index contributed by atoms with van der Waals surface area (Å²) in [5.74, 6) is 1.60. The summed E-state index contributed by atoms with van der Waals surface area (Å²) in [6.45, 7) is 5.77. The molecular formula is C29H33BrN7O3P. The molecule has 0 amide bonds. The van der Waals surface area contributed by atoms with Crippen molar-refractivity contribution in [2.75, 3.05) is 50.8 Å². The monoisotopic (exact) mass is 637 g/mol. The maximum absolute atomic E-state index is 13.1. The first-order valence-corrected chi connectivity index (χ1v) is 16.9. The molecule has 6 rings (SSSR count). The van der Waals surface area contributed by atoms with Gasteiger partial charge in [-0.3, -0.25) is 4.68 Å². The number of hydrogen-bond acceptors (Lipinski definition) is 9. The van der Waals surface area contributed by atoms with Crippen LogP contribution in [0, 0.1) is 0 Å². The summed E-state index contributed by atoms with van der Waals surface area (Å²) in [6, 6.07) is 8.21. The molecule has 2 aromatic carbocycles. The number of anilines is 4. The highest BCUT2D eigenvalue weighted by Crippen LogP contribution is 2.42. The molecule has 1 fully saturated rings. The quantitative estimate of drug-likeness (QED) is 0.226. The molecule has 10 nitrogen and oxygen atoms in total. The Kier molecular flexibility index (Phi) is 7.63. The summed E-state index contributed by atoms with van der Waals surface area (Å²) in [5, 5.41) is 15.4. The number of fused-ring (bicyclic) bond motifs is 1. The second kappa shape index (κ2) is 11.2. The molecule has 0 spiro atoms. The van der Waals surface area contributed by atoms with E-state index in [1.165, 1.54) is 11.1 Å². The molecule has 1 atom stereocenters. The maximum atomic E-state index is 13.1. The van der Waals surface area contributed by atoms with Crippen LogP contribution in [0.15, 0.2) is 47.3 Å². The summed E-state index contributed by atoms with van der Waals surface area (Å²) in [7, 11) is 1.02. The highest BCUT2D eigenvalue weighted by Gasteiger charge is 2.25. The van der Waals surface area contributed by atoms with Crippen molar-refractivity contribution in [1.29, 1.82) is 0 Å². The zero-order valence-corrected chi connectivity index (χ0v) is 26.0. The van der Waals surface area contributed by atoms with Crippen LogP contribution in [-0.2, 0) is 29.2 Å². The minimum Gasteiger partial charge on any atom is -0.495 e. The molecule has 1 aliphatic carbocycles. The van der Waals surface area contributed by atoms with Crippen LogP contribution in [0.25, 0.3) is 11.1 Å². The third-order valence-electron chi connectivity index (χ3n) is 7.47. The molecule has 0 bridgehead atoms. The van der Waals surface area contributed by atoms with Gasteiger partial charge in [0, 0.05) is 43.4 Å². The minimum absolute atomic E-state index is 0.118. The number of aromatic nitrogens is 4. The second-order valence-corrected chi connectivity index (χ2v) is 14.8. The van der Waals surface area contributed by atoms with Crippen LogP contribution in [0.4, 0.5) is 23.1 Å². The smallest absolute Gasteiger partial charge is 0.229 e. The summed E-state index contributed by atoms with van der Waals surface area (Å²) in [4.78, 5) is 9.29. The third-order valence-corrected chi connectivity index (χ3v) is 9.58. The zero-order valence-electron chi connectivity index (χ0n) is 23.5. The van der Waals surface area contributed by atoms with Gasteiger partial charge in [-0.2, -0.15) is 10.1 Å². The lowest BCUT2D eigenvalue weighted by Gasteiger charge is -2.27. The number of aryl methyl sites for hydroxylation is 3. The summed E-state index contributed by atoms with van der Waals surface area (Å²) in [6.07, 6.45) is 7.45. The van der Waals surface area contributed by atoms with Gasteiger partial charge >= 0.3 is 0 Å². The molecule has 4 aromatic rings. The van der Waals surface area contributed by atoms with Crippen molar-refractivity contribution in [3.05, 3.63) is 64.0 Å². The van der Waals surface area contributed by atoms with E-state index in [1.807, 2.05) is 31.6 Å². The lowest BCUT2D eigenvalue weighted by Crippen LogP contribution is -2.33. The van der Waals surface area contributed by atoms with E-state index in [2.05, 4.69) is 54.1 Å². The fraction of sp³-hybridized carbons (Fsp3) is 0.345. The first-order chi connectivity index (χ1) is 19.7. The van der Waals surface area contributed by atoms with E-state index in [0.717, 1.165) is 47.1 Å². The Morgan fingerprint density at radius 2 is 1.93 bits per heavy atom. The molecular weight excluding hydrogens is 605 g/mol. The fourth-order valence-electron chi connectivity index (χ4n) is 5.25. The summed E-state index contributed by atoms with van der Waals surface area (Å²) in [5.41, 5.74) is 7.04. The molecule has 41 heavy (non-hydrogen) atoms. The van der Waals surface area contributed by atoms with E-state index in [9.17, 15) is 4.57 Å². The number of benzene rings is 2. The van der Waals surface area contributed by atoms with Gasteiger partial charge in [-0.1, -0.05) is 0 Å². The molecule has 2 aliphatic rings. The van der Waals surface area contributed by atoms with E-state index in [-0.39, 0.29) is 6.10 Å². The number of methoxy groups -OCH3 is 1. The van der Waals surface area contributed by atoms with E-state index in [1.54, 1.807) is 31.3 Å². The Morgan fingerprint density at radius 3 is 2.59 bits per heavy atom. The Bertz CT molecular complexity index is 1660. The van der Waals surface area contributed by atoms with Gasteiger partial charge in [-0.25, -0.2) is 4.98 Å². The Morgan fingerprint density at radius 1 is 1.12 bits per heavy atom. The number of hydrogen-bond donors (Lipinski definition) is 3. The van der Waals surface area contributed by atoms with Crippen LogP contribution in [0.3, 0.4) is 0 Å². The number of nitrogens with one attached hydrogen (secondary N) is 3. The standard InChI is InChI=1S/C29H33BrN7O3P/c1-37-16-19(13-33-37)20-11-23(25(39-2)12-21(20)26-15-31-7-8-40-26)35-29-32-14-22(30)28(36-29)34-24-9-17-5-6-18(17)10-27(24)41(3,4)38/h9-14,16,26,31H,5-8,15H2,1-4H3,(H2,32,34,35,36). The minimum atomic E-state index is -2.52. The van der Waals surface area contributed by atoms with Crippen molar-refractivity contribution in [2.45, 2.75) is 18.9 Å². The summed E-state index contributed by atoms with van der Waals surface area (Å²) < 4.78 is 27.5. The summed E-state index contributed by atoms with van der Waals surface area (Å²) >= 11 is 3.58. The number of ether oxygens (including phenoxy) is 2. The highest BCUT2D eigenvalue weighted by molar-refractivity contribution is 9.10. The Hall–Kier alpha value is -3.24. The van der Waals surface area contributed by atoms with Crippen LogP contribution in [0.1, 0.15) is 22.8 Å². The number of halogens is 1. The average molecular weight is 639 g/mol. The highest BCUT2D eigenvalue weighted by atomic mass is 79.9. The van der Waals surface area contributed by atoms with Crippen LogP contribution in [0.5, 0.6) is 5.75 Å². The van der Waals surface area contributed by atoms with E-state index in [0.29, 0.717) is 40.8 Å². The predicted octanol–water partition coefficient (Wildman–Crippen LogP) is 5.14. The van der Waals surface area contributed by atoms with Crippen molar-refractivity contribution < 1.29 is 14.0 Å². The van der Waals surface area contributed by atoms with E-state index >= 15 is 0 Å². The van der Waals surface area contributed by atoms with Crippen LogP contribution >= 0.6 is 23.1 Å². The van der Waals surface area contributed by atoms with Gasteiger partial charge in [0.25, 0.3) is 0 Å². The van der Waals surface area contributed by atoms with Crippen LogP contribution < -0.4 is 26.0 Å². The molecule has 0 saturated carbocycles. The van der Waals surface area contributed by atoms with Crippen molar-refractivity contribution in [3.63, 3.8) is 0 Å². The molecule has 12 heteroatoms. The molecule has 3 heterocycles. The predicted molar refractivity (Wildman–Crippen MR) is 166 cm³/mol.